The van der Waals surface area contributed by atoms with Crippen LogP contribution in [0.3, 0.4) is 0 Å². The van der Waals surface area contributed by atoms with E-state index < -0.39 is 5.97 Å². The first-order chi connectivity index (χ1) is 15.3. The first-order valence-electron chi connectivity index (χ1n) is 9.47. The summed E-state index contributed by atoms with van der Waals surface area (Å²) in [5.41, 5.74) is 5.41. The summed E-state index contributed by atoms with van der Waals surface area (Å²) >= 11 is 1.08. The van der Waals surface area contributed by atoms with Gasteiger partial charge in [0.15, 0.2) is 5.82 Å². The zero-order valence-corrected chi connectivity index (χ0v) is 17.5. The Morgan fingerprint density at radius 2 is 1.52 bits per heavy atom. The van der Waals surface area contributed by atoms with Crippen molar-refractivity contribution >= 4 is 28.5 Å². The van der Waals surface area contributed by atoms with Gasteiger partial charge in [0.1, 0.15) is 0 Å². The van der Waals surface area contributed by atoms with Crippen LogP contribution in [0.25, 0.3) is 17.1 Å². The van der Waals surface area contributed by atoms with Crippen molar-refractivity contribution in [1.29, 1.82) is 0 Å². The lowest BCUT2D eigenvalue weighted by atomic mass is 10.2. The molecule has 0 saturated carbocycles. The molecule has 0 radical (unpaired) electrons. The maximum atomic E-state index is 12.4. The second-order valence-corrected chi connectivity index (χ2v) is 7.29. The molecule has 31 heavy (non-hydrogen) atoms. The van der Waals surface area contributed by atoms with Gasteiger partial charge < -0.3 is 4.74 Å². The maximum Gasteiger partial charge on any atom is 0.365 e. The quantitative estimate of drug-likeness (QED) is 0.164. The molecule has 0 saturated heterocycles. The molecule has 0 spiro atoms. The van der Waals surface area contributed by atoms with E-state index in [1.807, 2.05) is 95.6 Å². The van der Waals surface area contributed by atoms with Crippen LogP contribution in [0.4, 0.5) is 5.69 Å². The predicted molar refractivity (Wildman–Crippen MR) is 122 cm³/mol. The summed E-state index contributed by atoms with van der Waals surface area (Å²) in [5, 5.41) is 13.6. The minimum absolute atomic E-state index is 0.107. The van der Waals surface area contributed by atoms with Crippen molar-refractivity contribution in [3.63, 3.8) is 0 Å². The van der Waals surface area contributed by atoms with Crippen molar-refractivity contribution in [3.05, 3.63) is 91.0 Å². The van der Waals surface area contributed by atoms with Gasteiger partial charge in [-0.15, -0.1) is 10.2 Å². The molecule has 154 valence electrons. The van der Waals surface area contributed by atoms with Crippen molar-refractivity contribution in [2.75, 3.05) is 12.5 Å². The molecule has 7 nitrogen and oxygen atoms in total. The van der Waals surface area contributed by atoms with Crippen LogP contribution in [-0.4, -0.2) is 32.9 Å². The molecule has 0 aliphatic heterocycles. The number of hydrogen-bond donors (Lipinski definition) is 1. The van der Waals surface area contributed by atoms with E-state index in [2.05, 4.69) is 20.7 Å². The van der Waals surface area contributed by atoms with E-state index in [0.717, 1.165) is 28.7 Å². The number of thioether (sulfide) groups is 1. The minimum Gasteiger partial charge on any atom is -0.464 e. The molecule has 1 N–H and O–H groups in total. The molecule has 3 aromatic carbocycles. The number of hydrogen-bond acceptors (Lipinski definition) is 7. The van der Waals surface area contributed by atoms with Gasteiger partial charge in [-0.3, -0.25) is 9.99 Å². The standard InChI is InChI=1S/C23H19N5O2S/c1-30-22(29)21(26-24-18-13-7-3-8-14-18)31-23-27-25-20(17-11-5-2-6-12-17)28(23)19-15-9-4-10-16-19/h2-16,24H,1H3/b26-21+. The molecule has 0 aliphatic carbocycles. The number of esters is 1. The van der Waals surface area contributed by atoms with E-state index >= 15 is 0 Å². The van der Waals surface area contributed by atoms with Crippen LogP contribution in [0.2, 0.25) is 0 Å². The fourth-order valence-electron chi connectivity index (χ4n) is 2.83. The summed E-state index contributed by atoms with van der Waals surface area (Å²) in [7, 11) is 1.32. The van der Waals surface area contributed by atoms with E-state index in [4.69, 9.17) is 4.74 Å². The maximum absolute atomic E-state index is 12.4. The van der Waals surface area contributed by atoms with Crippen LogP contribution < -0.4 is 5.43 Å². The second kappa shape index (κ2) is 9.73. The predicted octanol–water partition coefficient (Wildman–Crippen LogP) is 4.63. The van der Waals surface area contributed by atoms with Gasteiger partial charge in [0.2, 0.25) is 10.2 Å². The van der Waals surface area contributed by atoms with Crippen LogP contribution in [0.15, 0.2) is 101 Å². The molecule has 1 aromatic heterocycles. The number of methoxy groups -OCH3 is 1. The van der Waals surface area contributed by atoms with E-state index in [-0.39, 0.29) is 5.04 Å². The Bertz CT molecular complexity index is 1180. The van der Waals surface area contributed by atoms with Gasteiger partial charge >= 0.3 is 5.97 Å². The molecule has 0 fully saturated rings. The number of ether oxygens (including phenoxy) is 1. The number of anilines is 1. The highest BCUT2D eigenvalue weighted by molar-refractivity contribution is 8.15. The van der Waals surface area contributed by atoms with Gasteiger partial charge in [0, 0.05) is 11.3 Å². The highest BCUT2D eigenvalue weighted by Crippen LogP contribution is 2.29. The van der Waals surface area contributed by atoms with Crippen molar-refractivity contribution in [1.82, 2.24) is 14.8 Å². The third-order valence-electron chi connectivity index (χ3n) is 4.29. The van der Waals surface area contributed by atoms with E-state index in [1.54, 1.807) is 0 Å². The van der Waals surface area contributed by atoms with Crippen LogP contribution in [0.1, 0.15) is 0 Å². The Balaban J connectivity index is 1.74. The van der Waals surface area contributed by atoms with Gasteiger partial charge in [-0.25, -0.2) is 4.79 Å². The molecule has 1 heterocycles. The Morgan fingerprint density at radius 3 is 2.16 bits per heavy atom. The van der Waals surface area contributed by atoms with Gasteiger partial charge in [-0.05, 0) is 36.0 Å². The topological polar surface area (TPSA) is 81.4 Å². The lowest BCUT2D eigenvalue weighted by Gasteiger charge is -2.11. The normalized spacial score (nSPS) is 11.2. The van der Waals surface area contributed by atoms with E-state index in [1.165, 1.54) is 7.11 Å². The number of carbonyl (C=O) groups excluding carboxylic acids is 1. The van der Waals surface area contributed by atoms with Crippen molar-refractivity contribution in [3.8, 4) is 17.1 Å². The number of rotatable bonds is 5. The third kappa shape index (κ3) is 4.81. The van der Waals surface area contributed by atoms with Crippen molar-refractivity contribution < 1.29 is 9.53 Å². The highest BCUT2D eigenvalue weighted by atomic mass is 32.2. The average molecular weight is 430 g/mol. The van der Waals surface area contributed by atoms with E-state index in [0.29, 0.717) is 11.0 Å². The van der Waals surface area contributed by atoms with Gasteiger partial charge in [0.05, 0.1) is 12.8 Å². The molecular weight excluding hydrogens is 410 g/mol. The summed E-state index contributed by atoms with van der Waals surface area (Å²) in [5.74, 6) is 0.0897. The fourth-order valence-corrected chi connectivity index (χ4v) is 3.63. The SMILES string of the molecule is COC(=O)/C(=N\Nc1ccccc1)Sc1nnc(-c2ccccc2)n1-c1ccccc1. The first kappa shape index (κ1) is 20.4. The molecular formula is C23H19N5O2S. The number of benzene rings is 3. The molecule has 0 aliphatic rings. The molecule has 4 aromatic rings. The van der Waals surface area contributed by atoms with Gasteiger partial charge in [0.25, 0.3) is 0 Å². The molecule has 4 rings (SSSR count). The highest BCUT2D eigenvalue weighted by Gasteiger charge is 2.22. The minimum atomic E-state index is -0.572. The summed E-state index contributed by atoms with van der Waals surface area (Å²) in [6.45, 7) is 0. The molecule has 0 atom stereocenters. The van der Waals surface area contributed by atoms with Crippen LogP contribution in [0, 0.1) is 0 Å². The Hall–Kier alpha value is -3.91. The number of nitrogens with one attached hydrogen (secondary N) is 1. The van der Waals surface area contributed by atoms with Crippen LogP contribution in [-0.2, 0) is 9.53 Å². The molecule has 0 bridgehead atoms. The zero-order chi connectivity index (χ0) is 21.5. The number of aromatic nitrogens is 3. The largest absolute Gasteiger partial charge is 0.464 e. The lowest BCUT2D eigenvalue weighted by Crippen LogP contribution is -2.15. The molecule has 8 heteroatoms. The zero-order valence-electron chi connectivity index (χ0n) is 16.7. The fraction of sp³-hybridized carbons (Fsp3) is 0.0435. The van der Waals surface area contributed by atoms with E-state index in [9.17, 15) is 4.79 Å². The van der Waals surface area contributed by atoms with Crippen LogP contribution >= 0.6 is 11.8 Å². The summed E-state index contributed by atoms with van der Waals surface area (Å²) in [6, 6.07) is 28.8. The Kier molecular flexibility index (Phi) is 6.39. The summed E-state index contributed by atoms with van der Waals surface area (Å²) < 4.78 is 6.81. The van der Waals surface area contributed by atoms with Crippen molar-refractivity contribution in [2.45, 2.75) is 5.16 Å². The number of para-hydroxylation sites is 2. The third-order valence-corrected chi connectivity index (χ3v) is 5.19. The molecule has 0 unspecified atom stereocenters. The average Bonchev–Trinajstić information content (AvgIpc) is 3.26. The second-order valence-electron chi connectivity index (χ2n) is 6.33. The van der Waals surface area contributed by atoms with Crippen LogP contribution in [0.5, 0.6) is 0 Å². The van der Waals surface area contributed by atoms with Gasteiger partial charge in [-0.1, -0.05) is 66.7 Å². The number of nitrogens with zero attached hydrogens (tertiary/aromatic N) is 4. The number of hydrazone groups is 1. The first-order valence-corrected chi connectivity index (χ1v) is 10.3. The monoisotopic (exact) mass is 429 g/mol. The summed E-state index contributed by atoms with van der Waals surface area (Å²) in [4.78, 5) is 12.4. The van der Waals surface area contributed by atoms with Gasteiger partial charge in [-0.2, -0.15) is 5.10 Å². The Labute approximate surface area is 183 Å². The lowest BCUT2D eigenvalue weighted by molar-refractivity contribution is -0.132. The van der Waals surface area contributed by atoms with Crippen molar-refractivity contribution in [2.24, 2.45) is 5.10 Å². The number of carbonyl (C=O) groups is 1. The molecule has 0 amide bonds. The summed E-state index contributed by atoms with van der Waals surface area (Å²) in [6.07, 6.45) is 0. The Morgan fingerprint density at radius 1 is 0.903 bits per heavy atom. The smallest absolute Gasteiger partial charge is 0.365 e.